The molecule has 3 N–H and O–H groups in total. The maximum Gasteiger partial charge on any atom is 0.295 e. The molecule has 0 saturated heterocycles. The molecule has 55 heavy (non-hydrogen) atoms. The van der Waals surface area contributed by atoms with Gasteiger partial charge in [0, 0.05) is 21.9 Å². The molecule has 0 aliphatic rings. The number of unbranched alkanes of at least 4 members (excludes halogenated alkanes) is 4. The van der Waals surface area contributed by atoms with Crippen LogP contribution >= 0.6 is 0 Å². The predicted octanol–water partition coefficient (Wildman–Crippen LogP) is 9.90. The Morgan fingerprint density at radius 1 is 0.582 bits per heavy atom. The highest BCUT2D eigenvalue weighted by atomic mass is 16.4. The maximum atomic E-state index is 12.3. The van der Waals surface area contributed by atoms with Crippen molar-refractivity contribution in [1.29, 1.82) is 0 Å². The molecule has 0 atom stereocenters. The fourth-order valence-electron chi connectivity index (χ4n) is 6.07. The molecule has 10 heteroatoms. The molecule has 0 aliphatic carbocycles. The van der Waals surface area contributed by atoms with E-state index in [2.05, 4.69) is 53.8 Å². The number of quaternary nitrogens is 1. The molecule has 0 fully saturated rings. The molecule has 5 rings (SSSR count). The Balaban J connectivity index is 0.000000263. The summed E-state index contributed by atoms with van der Waals surface area (Å²) in [5.41, 5.74) is 6.75. The number of benzene rings is 4. The number of nitrogens with zero attached hydrogens (tertiary/aromatic N) is 3. The molecule has 2 amide bonds. The van der Waals surface area contributed by atoms with Crippen LogP contribution in [0.3, 0.4) is 0 Å². The van der Waals surface area contributed by atoms with Crippen molar-refractivity contribution < 1.29 is 24.0 Å². The van der Waals surface area contributed by atoms with Crippen molar-refractivity contribution in [2.24, 2.45) is 10.2 Å². The van der Waals surface area contributed by atoms with Crippen LogP contribution in [-0.2, 0) is 0 Å². The van der Waals surface area contributed by atoms with Crippen molar-refractivity contribution in [3.63, 3.8) is 0 Å². The Morgan fingerprint density at radius 3 is 1.44 bits per heavy atom. The molecule has 0 aliphatic heterocycles. The molecule has 292 valence electrons. The lowest BCUT2D eigenvalue weighted by Gasteiger charge is -2.39. The number of amides is 2. The van der Waals surface area contributed by atoms with Crippen molar-refractivity contribution in [2.75, 3.05) is 31.6 Å². The van der Waals surface area contributed by atoms with Crippen molar-refractivity contribution >= 4 is 40.2 Å². The maximum absolute atomic E-state index is 12.3. The van der Waals surface area contributed by atoms with Crippen molar-refractivity contribution in [1.82, 2.24) is 10.4 Å². The van der Waals surface area contributed by atoms with Gasteiger partial charge in [0.25, 0.3) is 11.8 Å². The minimum atomic E-state index is -1.13. The first-order valence-corrected chi connectivity index (χ1v) is 19.6. The van der Waals surface area contributed by atoms with E-state index in [4.69, 9.17) is 0 Å². The fourth-order valence-corrected chi connectivity index (χ4v) is 6.07. The number of carboxylic acid groups (broad SMARTS) is 1. The van der Waals surface area contributed by atoms with Gasteiger partial charge in [0.05, 0.1) is 32.1 Å². The van der Waals surface area contributed by atoms with Gasteiger partial charge in [0.2, 0.25) is 0 Å². The molecule has 4 aromatic carbocycles. The minimum Gasteiger partial charge on any atom is -0.545 e. The summed E-state index contributed by atoms with van der Waals surface area (Å²) < 4.78 is 1.42. The zero-order valence-electron chi connectivity index (χ0n) is 32.9. The molecule has 0 unspecified atom stereocenters. The van der Waals surface area contributed by atoms with Gasteiger partial charge in [-0.3, -0.25) is 20.4 Å². The topological polar surface area (TPSA) is 139 Å². The lowest BCUT2D eigenvalue weighted by atomic mass is 10.1. The number of hydrogen-bond donors (Lipinski definition) is 3. The highest BCUT2D eigenvalue weighted by molar-refractivity contribution is 6.02. The van der Waals surface area contributed by atoms with Gasteiger partial charge < -0.3 is 19.4 Å². The van der Waals surface area contributed by atoms with E-state index < -0.39 is 11.9 Å². The number of rotatable bonds is 18. The Kier molecular flexibility index (Phi) is 19.6. The predicted molar refractivity (Wildman–Crippen MR) is 221 cm³/mol. The molecule has 5 aromatic rings. The number of carbonyl (C=O) groups excluding carboxylic acids is 3. The van der Waals surface area contributed by atoms with Crippen molar-refractivity contribution in [3.05, 3.63) is 132 Å². The molecule has 0 bridgehead atoms. The number of hydrogen-bond acceptors (Lipinski definition) is 6. The SMILES string of the molecule is CCCC[N+](CCCC)(CCCC)CCCC.O=C(N=Nc1[nH]c(NNC(=O)c2ccccc2)c2ccccc12)c1ccccc1.O=C([O-])c1ccccc1. The number of anilines is 1. The highest BCUT2D eigenvalue weighted by Gasteiger charge is 2.24. The van der Waals surface area contributed by atoms with Gasteiger partial charge in [-0.1, -0.05) is 144 Å². The van der Waals surface area contributed by atoms with E-state index in [9.17, 15) is 19.5 Å². The first-order chi connectivity index (χ1) is 26.8. The van der Waals surface area contributed by atoms with E-state index in [0.717, 1.165) is 10.8 Å². The zero-order chi connectivity index (χ0) is 39.7. The van der Waals surface area contributed by atoms with Crippen LogP contribution in [0.25, 0.3) is 10.8 Å². The normalized spacial score (nSPS) is 10.9. The molecular formula is C45H58N6O4. The lowest BCUT2D eigenvalue weighted by molar-refractivity contribution is -0.929. The molecule has 0 saturated carbocycles. The van der Waals surface area contributed by atoms with E-state index >= 15 is 0 Å². The van der Waals surface area contributed by atoms with Gasteiger partial charge in [-0.15, -0.1) is 10.2 Å². The number of aromatic nitrogens is 1. The van der Waals surface area contributed by atoms with E-state index in [1.807, 2.05) is 36.4 Å². The number of fused-ring (bicyclic) bond motifs is 1. The summed E-state index contributed by atoms with van der Waals surface area (Å²) in [7, 11) is 0. The van der Waals surface area contributed by atoms with Crippen molar-refractivity contribution in [2.45, 2.75) is 79.1 Å². The Morgan fingerprint density at radius 2 is 1.00 bits per heavy atom. The van der Waals surface area contributed by atoms with Crippen LogP contribution in [0.5, 0.6) is 0 Å². The summed E-state index contributed by atoms with van der Waals surface area (Å²) in [5, 5.41) is 19.6. The second-order valence-corrected chi connectivity index (χ2v) is 13.5. The molecule has 1 aromatic heterocycles. The fraction of sp³-hybridized carbons (Fsp3) is 0.356. The van der Waals surface area contributed by atoms with Crippen LogP contribution < -0.4 is 16.0 Å². The molecule has 0 spiro atoms. The summed E-state index contributed by atoms with van der Waals surface area (Å²) in [6.07, 6.45) is 11.1. The number of aromatic carboxylic acids is 1. The van der Waals surface area contributed by atoms with Gasteiger partial charge in [-0.2, -0.15) is 0 Å². The third-order valence-electron chi connectivity index (χ3n) is 9.25. The van der Waals surface area contributed by atoms with Crippen molar-refractivity contribution in [3.8, 4) is 0 Å². The summed E-state index contributed by atoms with van der Waals surface area (Å²) >= 11 is 0. The standard InChI is InChI=1S/C22H17N5O2.C16H36N.C7H6O2/c28-21(15-9-3-1-4-10-15)26-24-19-17-13-7-8-14-18(17)20(23-19)25-27-22(29)16-11-5-2-6-12-16;1-5-9-13-17(14-10-6-2,15-11-7-3)16-12-8-4;8-7(9)6-4-2-1-3-5-6/h1-14,23-24H,(H,26,28);5-16H2,1-4H3;1-5H,(H,8,9)/q;+1;/p-1. The van der Waals surface area contributed by atoms with E-state index in [1.54, 1.807) is 66.7 Å². The largest absolute Gasteiger partial charge is 0.545 e. The van der Waals surface area contributed by atoms with Crippen LogP contribution in [0.15, 0.2) is 125 Å². The number of nitrogens with one attached hydrogen (secondary N) is 3. The second-order valence-electron chi connectivity index (χ2n) is 13.5. The Bertz CT molecular complexity index is 1840. The third-order valence-corrected chi connectivity index (χ3v) is 9.25. The van der Waals surface area contributed by atoms with Gasteiger partial charge in [-0.25, -0.2) is 0 Å². The summed E-state index contributed by atoms with van der Waals surface area (Å²) in [4.78, 5) is 37.6. The minimum absolute atomic E-state index is 0.220. The number of hydrazine groups is 1. The summed E-state index contributed by atoms with van der Waals surface area (Å²) in [5.74, 6) is -0.870. The van der Waals surface area contributed by atoms with E-state index in [-0.39, 0.29) is 11.5 Å². The lowest BCUT2D eigenvalue weighted by Crippen LogP contribution is -2.50. The number of azo groups is 1. The van der Waals surface area contributed by atoms with Crippen LogP contribution in [0, 0.1) is 0 Å². The summed E-state index contributed by atoms with van der Waals surface area (Å²) in [6, 6.07) is 33.1. The van der Waals surface area contributed by atoms with E-state index in [0.29, 0.717) is 22.8 Å². The van der Waals surface area contributed by atoms with Gasteiger partial charge >= 0.3 is 0 Å². The molecule has 10 nitrogen and oxygen atoms in total. The van der Waals surface area contributed by atoms with Crippen LogP contribution in [0.2, 0.25) is 0 Å². The van der Waals surface area contributed by atoms with Gasteiger partial charge in [-0.05, 0) is 55.5 Å². The highest BCUT2D eigenvalue weighted by Crippen LogP contribution is 2.32. The van der Waals surface area contributed by atoms with Gasteiger partial charge in [0.15, 0.2) is 5.82 Å². The number of carboxylic acids is 1. The Labute approximate surface area is 326 Å². The average molecular weight is 747 g/mol. The van der Waals surface area contributed by atoms with Gasteiger partial charge in [0.1, 0.15) is 5.82 Å². The van der Waals surface area contributed by atoms with E-state index in [1.165, 1.54) is 94.2 Å². The first-order valence-electron chi connectivity index (χ1n) is 19.6. The number of aromatic amines is 1. The quantitative estimate of drug-likeness (QED) is 0.0466. The molecule has 0 radical (unpaired) electrons. The van der Waals surface area contributed by atoms with Crippen LogP contribution in [0.4, 0.5) is 11.6 Å². The molecule has 1 heterocycles. The van der Waals surface area contributed by atoms with Crippen LogP contribution in [-0.4, -0.2) is 53.4 Å². The summed E-state index contributed by atoms with van der Waals surface area (Å²) in [6.45, 7) is 15.0. The monoisotopic (exact) mass is 746 g/mol. The van der Waals surface area contributed by atoms with Crippen LogP contribution in [0.1, 0.15) is 110 Å². The second kappa shape index (κ2) is 24.7. The third kappa shape index (κ3) is 15.0. The molecular weight excluding hydrogens is 689 g/mol. The number of carbonyl (C=O) groups is 3. The Hall–Kier alpha value is -5.61. The average Bonchev–Trinajstić information content (AvgIpc) is 3.60. The smallest absolute Gasteiger partial charge is 0.295 e. The zero-order valence-corrected chi connectivity index (χ0v) is 32.9. The number of H-pyrrole nitrogens is 1. The first kappa shape index (κ1) is 43.8.